The van der Waals surface area contributed by atoms with E-state index in [0.717, 1.165) is 36.3 Å². The Bertz CT molecular complexity index is 527. The number of aromatic nitrogens is 2. The van der Waals surface area contributed by atoms with Crippen molar-refractivity contribution < 1.29 is 4.39 Å². The summed E-state index contributed by atoms with van der Waals surface area (Å²) in [6, 6.07) is 6.61. The topological polar surface area (TPSA) is 40.7 Å². The first-order valence-corrected chi connectivity index (χ1v) is 6.82. The van der Waals surface area contributed by atoms with Gasteiger partial charge in [0.2, 0.25) is 0 Å². The number of nitrogens with zero attached hydrogens (tertiary/aromatic N) is 1. The molecule has 2 N–H and O–H groups in total. The maximum absolute atomic E-state index is 13.0. The van der Waals surface area contributed by atoms with Crippen molar-refractivity contribution in [3.05, 3.63) is 42.0 Å². The average Bonchev–Trinajstić information content (AvgIpc) is 2.89. The molecule has 1 atom stereocenters. The summed E-state index contributed by atoms with van der Waals surface area (Å²) < 4.78 is 13.0. The highest BCUT2D eigenvalue weighted by molar-refractivity contribution is 5.65. The zero-order chi connectivity index (χ0) is 13.1. The van der Waals surface area contributed by atoms with E-state index in [1.807, 2.05) is 18.3 Å². The van der Waals surface area contributed by atoms with Crippen LogP contribution in [-0.2, 0) is 6.42 Å². The van der Waals surface area contributed by atoms with Crippen LogP contribution in [0.15, 0.2) is 30.5 Å². The molecule has 1 aromatic carbocycles. The van der Waals surface area contributed by atoms with Crippen molar-refractivity contribution in [1.82, 2.24) is 15.5 Å². The summed E-state index contributed by atoms with van der Waals surface area (Å²) in [5.41, 5.74) is 3.26. The SMILES string of the molecule is Fc1ccc(-c2cn[nH]c2CC2CCCNC2)cc1. The molecule has 0 amide bonds. The Morgan fingerprint density at radius 3 is 2.84 bits per heavy atom. The predicted octanol–water partition coefficient (Wildman–Crippen LogP) is 2.76. The maximum atomic E-state index is 13.0. The van der Waals surface area contributed by atoms with Gasteiger partial charge >= 0.3 is 0 Å². The van der Waals surface area contributed by atoms with Gasteiger partial charge in [-0.3, -0.25) is 5.10 Å². The average molecular weight is 259 g/mol. The lowest BCUT2D eigenvalue weighted by Gasteiger charge is -2.22. The van der Waals surface area contributed by atoms with Gasteiger partial charge in [0, 0.05) is 11.3 Å². The molecule has 1 aliphatic heterocycles. The number of benzene rings is 1. The van der Waals surface area contributed by atoms with Gasteiger partial charge in [-0.25, -0.2) is 4.39 Å². The monoisotopic (exact) mass is 259 g/mol. The number of halogens is 1. The van der Waals surface area contributed by atoms with E-state index in [1.54, 1.807) is 0 Å². The zero-order valence-corrected chi connectivity index (χ0v) is 10.8. The Morgan fingerprint density at radius 2 is 2.11 bits per heavy atom. The number of rotatable bonds is 3. The number of aromatic amines is 1. The summed E-state index contributed by atoms with van der Waals surface area (Å²) in [6.45, 7) is 2.20. The molecule has 1 unspecified atom stereocenters. The van der Waals surface area contributed by atoms with Crippen LogP contribution in [0.25, 0.3) is 11.1 Å². The first-order valence-electron chi connectivity index (χ1n) is 6.82. The number of H-pyrrole nitrogens is 1. The van der Waals surface area contributed by atoms with Gasteiger partial charge in [-0.15, -0.1) is 0 Å². The molecule has 0 spiro atoms. The van der Waals surface area contributed by atoms with Crippen LogP contribution >= 0.6 is 0 Å². The molecule has 3 nitrogen and oxygen atoms in total. The molecule has 0 radical (unpaired) electrons. The Hall–Kier alpha value is -1.68. The van der Waals surface area contributed by atoms with Gasteiger partial charge in [0.05, 0.1) is 6.20 Å². The minimum absolute atomic E-state index is 0.203. The van der Waals surface area contributed by atoms with Crippen LogP contribution in [0.5, 0.6) is 0 Å². The molecular formula is C15H18FN3. The third kappa shape index (κ3) is 2.84. The molecule has 1 aliphatic rings. The van der Waals surface area contributed by atoms with Gasteiger partial charge in [-0.05, 0) is 56.0 Å². The lowest BCUT2D eigenvalue weighted by atomic mass is 9.92. The normalized spacial score (nSPS) is 19.5. The van der Waals surface area contributed by atoms with Crippen LogP contribution in [0, 0.1) is 11.7 Å². The van der Waals surface area contributed by atoms with Gasteiger partial charge in [-0.2, -0.15) is 5.10 Å². The Morgan fingerprint density at radius 1 is 1.26 bits per heavy atom. The molecular weight excluding hydrogens is 241 g/mol. The van der Waals surface area contributed by atoms with Crippen molar-refractivity contribution >= 4 is 0 Å². The highest BCUT2D eigenvalue weighted by Gasteiger charge is 2.17. The minimum Gasteiger partial charge on any atom is -0.316 e. The standard InChI is InChI=1S/C15H18FN3/c16-13-5-3-12(4-6-13)14-10-18-19-15(14)8-11-2-1-7-17-9-11/h3-6,10-11,17H,1-2,7-9H2,(H,18,19). The van der Waals surface area contributed by atoms with Gasteiger partial charge in [0.25, 0.3) is 0 Å². The summed E-state index contributed by atoms with van der Waals surface area (Å²) in [7, 11) is 0. The van der Waals surface area contributed by atoms with Gasteiger partial charge in [0.1, 0.15) is 5.82 Å². The van der Waals surface area contributed by atoms with Crippen molar-refractivity contribution in [3.63, 3.8) is 0 Å². The number of hydrogen-bond acceptors (Lipinski definition) is 2. The van der Waals surface area contributed by atoms with E-state index in [9.17, 15) is 4.39 Å². The number of piperidine rings is 1. The third-order valence-corrected chi connectivity index (χ3v) is 3.77. The van der Waals surface area contributed by atoms with Crippen molar-refractivity contribution in [1.29, 1.82) is 0 Å². The van der Waals surface area contributed by atoms with Crippen LogP contribution in [0.1, 0.15) is 18.5 Å². The molecule has 19 heavy (non-hydrogen) atoms. The second-order valence-corrected chi connectivity index (χ2v) is 5.19. The molecule has 0 bridgehead atoms. The van der Waals surface area contributed by atoms with Crippen LogP contribution in [-0.4, -0.2) is 23.3 Å². The Kier molecular flexibility index (Phi) is 3.60. The zero-order valence-electron chi connectivity index (χ0n) is 10.8. The van der Waals surface area contributed by atoms with E-state index in [-0.39, 0.29) is 5.82 Å². The summed E-state index contributed by atoms with van der Waals surface area (Å²) in [5.74, 6) is 0.457. The largest absolute Gasteiger partial charge is 0.316 e. The molecule has 1 aromatic heterocycles. The number of nitrogens with one attached hydrogen (secondary N) is 2. The first-order chi connectivity index (χ1) is 9.33. The summed E-state index contributed by atoms with van der Waals surface area (Å²) in [6.07, 6.45) is 5.33. The van der Waals surface area contributed by atoms with Crippen LogP contribution < -0.4 is 5.32 Å². The minimum atomic E-state index is -0.203. The van der Waals surface area contributed by atoms with E-state index in [1.165, 1.54) is 25.0 Å². The second kappa shape index (κ2) is 5.53. The third-order valence-electron chi connectivity index (χ3n) is 3.77. The molecule has 4 heteroatoms. The molecule has 1 fully saturated rings. The fourth-order valence-corrected chi connectivity index (χ4v) is 2.73. The second-order valence-electron chi connectivity index (χ2n) is 5.19. The van der Waals surface area contributed by atoms with E-state index in [2.05, 4.69) is 15.5 Å². The lowest BCUT2D eigenvalue weighted by molar-refractivity contribution is 0.373. The van der Waals surface area contributed by atoms with E-state index in [4.69, 9.17) is 0 Å². The van der Waals surface area contributed by atoms with Gasteiger partial charge in [-0.1, -0.05) is 12.1 Å². The molecule has 0 saturated carbocycles. The van der Waals surface area contributed by atoms with Crippen molar-refractivity contribution in [2.75, 3.05) is 13.1 Å². The quantitative estimate of drug-likeness (QED) is 0.890. The van der Waals surface area contributed by atoms with Gasteiger partial charge in [0.15, 0.2) is 0 Å². The van der Waals surface area contributed by atoms with E-state index < -0.39 is 0 Å². The Labute approximate surface area is 112 Å². The predicted molar refractivity (Wildman–Crippen MR) is 73.3 cm³/mol. The highest BCUT2D eigenvalue weighted by Crippen LogP contribution is 2.25. The summed E-state index contributed by atoms with van der Waals surface area (Å²) >= 11 is 0. The summed E-state index contributed by atoms with van der Waals surface area (Å²) in [5, 5.41) is 10.7. The van der Waals surface area contributed by atoms with E-state index in [0.29, 0.717) is 5.92 Å². The highest BCUT2D eigenvalue weighted by atomic mass is 19.1. The fourth-order valence-electron chi connectivity index (χ4n) is 2.73. The molecule has 100 valence electrons. The molecule has 0 aliphatic carbocycles. The van der Waals surface area contributed by atoms with Crippen LogP contribution in [0.2, 0.25) is 0 Å². The molecule has 3 rings (SSSR count). The fraction of sp³-hybridized carbons (Fsp3) is 0.400. The smallest absolute Gasteiger partial charge is 0.123 e. The molecule has 2 aromatic rings. The van der Waals surface area contributed by atoms with Gasteiger partial charge < -0.3 is 5.32 Å². The van der Waals surface area contributed by atoms with Crippen molar-refractivity contribution in [2.24, 2.45) is 5.92 Å². The molecule has 1 saturated heterocycles. The number of hydrogen-bond donors (Lipinski definition) is 2. The van der Waals surface area contributed by atoms with Crippen molar-refractivity contribution in [2.45, 2.75) is 19.3 Å². The first kappa shape index (κ1) is 12.4. The Balaban J connectivity index is 1.79. The molecule has 2 heterocycles. The lowest BCUT2D eigenvalue weighted by Crippen LogP contribution is -2.31. The van der Waals surface area contributed by atoms with E-state index >= 15 is 0 Å². The van der Waals surface area contributed by atoms with Crippen LogP contribution in [0.3, 0.4) is 0 Å². The van der Waals surface area contributed by atoms with Crippen LogP contribution in [0.4, 0.5) is 4.39 Å². The summed E-state index contributed by atoms with van der Waals surface area (Å²) in [4.78, 5) is 0. The maximum Gasteiger partial charge on any atom is 0.123 e. The van der Waals surface area contributed by atoms with Crippen molar-refractivity contribution in [3.8, 4) is 11.1 Å².